The lowest BCUT2D eigenvalue weighted by Gasteiger charge is -2.14. The van der Waals surface area contributed by atoms with Crippen molar-refractivity contribution in [2.75, 3.05) is 29.9 Å². The minimum absolute atomic E-state index is 0.0305. The topological polar surface area (TPSA) is 127 Å². The number of benzene rings is 2. The van der Waals surface area contributed by atoms with Crippen molar-refractivity contribution < 1.29 is 17.9 Å². The summed E-state index contributed by atoms with van der Waals surface area (Å²) in [5, 5.41) is 6.58. The lowest BCUT2D eigenvalue weighted by molar-refractivity contribution is 0.0963. The fourth-order valence-electron chi connectivity index (χ4n) is 3.49. The number of methoxy groups -OCH3 is 1. The number of aromatic nitrogens is 3. The molecule has 2 heterocycles. The molecule has 0 bridgehead atoms. The van der Waals surface area contributed by atoms with Gasteiger partial charge in [0.15, 0.2) is 0 Å². The molecule has 0 saturated carbocycles. The van der Waals surface area contributed by atoms with Gasteiger partial charge in [-0.3, -0.25) is 9.52 Å². The van der Waals surface area contributed by atoms with Crippen LogP contribution in [-0.4, -0.2) is 48.8 Å². The van der Waals surface area contributed by atoms with Crippen molar-refractivity contribution in [1.82, 2.24) is 19.9 Å². The fourth-order valence-corrected chi connectivity index (χ4v) is 4.17. The smallest absolute Gasteiger partial charge is 0.251 e. The molecule has 4 rings (SSSR count). The highest BCUT2D eigenvalue weighted by atomic mass is 32.2. The normalized spacial score (nSPS) is 11.3. The summed E-state index contributed by atoms with van der Waals surface area (Å²) >= 11 is 0. The van der Waals surface area contributed by atoms with Crippen LogP contribution in [0.4, 0.5) is 17.3 Å². The molecule has 0 fully saturated rings. The van der Waals surface area contributed by atoms with Gasteiger partial charge >= 0.3 is 0 Å². The number of rotatable bonds is 9. The summed E-state index contributed by atoms with van der Waals surface area (Å²) in [4.78, 5) is 20.8. The number of hydrogen-bond donors (Lipinski definition) is 3. The van der Waals surface area contributed by atoms with E-state index in [4.69, 9.17) is 4.74 Å². The molecule has 182 valence electrons. The molecule has 0 saturated heterocycles. The maximum absolute atomic E-state index is 12.2. The first-order valence-corrected chi connectivity index (χ1v) is 12.6. The predicted octanol–water partition coefficient (Wildman–Crippen LogP) is 3.35. The van der Waals surface area contributed by atoms with E-state index in [0.29, 0.717) is 35.1 Å². The number of amides is 1. The lowest BCUT2D eigenvalue weighted by Crippen LogP contribution is -2.17. The molecular weight excluding hydrogens is 468 g/mol. The van der Waals surface area contributed by atoms with E-state index in [2.05, 4.69) is 25.3 Å². The number of nitrogens with one attached hydrogen (secondary N) is 3. The molecule has 2 aromatic heterocycles. The van der Waals surface area contributed by atoms with Crippen LogP contribution in [0.1, 0.15) is 22.8 Å². The Hall–Kier alpha value is -4.12. The van der Waals surface area contributed by atoms with E-state index in [1.54, 1.807) is 69.7 Å². The quantitative estimate of drug-likeness (QED) is 0.326. The maximum atomic E-state index is 12.2. The Bertz CT molecular complexity index is 1470. The van der Waals surface area contributed by atoms with Gasteiger partial charge in [0.05, 0.1) is 25.1 Å². The molecule has 0 aliphatic carbocycles. The Kier molecular flexibility index (Phi) is 6.87. The van der Waals surface area contributed by atoms with Crippen LogP contribution in [0, 0.1) is 0 Å². The number of carbonyl (C=O) groups excluding carboxylic acids is 1. The van der Waals surface area contributed by atoms with Gasteiger partial charge in [0.2, 0.25) is 16.0 Å². The van der Waals surface area contributed by atoms with Crippen molar-refractivity contribution in [2.45, 2.75) is 13.5 Å². The van der Waals surface area contributed by atoms with Gasteiger partial charge in [-0.15, -0.1) is 0 Å². The molecule has 0 atom stereocenters. The molecule has 11 heteroatoms. The summed E-state index contributed by atoms with van der Waals surface area (Å²) in [6.45, 7) is 1.95. The highest BCUT2D eigenvalue weighted by Gasteiger charge is 2.14. The first-order valence-electron chi connectivity index (χ1n) is 10.9. The van der Waals surface area contributed by atoms with Gasteiger partial charge in [-0.1, -0.05) is 0 Å². The largest absolute Gasteiger partial charge is 0.497 e. The van der Waals surface area contributed by atoms with Gasteiger partial charge in [-0.05, 0) is 61.0 Å². The van der Waals surface area contributed by atoms with Crippen LogP contribution in [0.25, 0.3) is 11.0 Å². The Labute approximate surface area is 203 Å². The second kappa shape index (κ2) is 10.0. The number of fused-ring (bicyclic) bond motifs is 1. The third-order valence-corrected chi connectivity index (χ3v) is 6.72. The number of hydrogen-bond acceptors (Lipinski definition) is 7. The number of nitrogens with zero attached hydrogens (tertiary/aromatic N) is 3. The van der Waals surface area contributed by atoms with Crippen LogP contribution >= 0.6 is 0 Å². The van der Waals surface area contributed by atoms with Gasteiger partial charge in [-0.25, -0.2) is 13.4 Å². The molecule has 0 radical (unpaired) electrons. The molecule has 0 aliphatic rings. The Morgan fingerprint density at radius 1 is 1.11 bits per heavy atom. The van der Waals surface area contributed by atoms with Crippen LogP contribution in [0.15, 0.2) is 60.9 Å². The highest BCUT2D eigenvalue weighted by molar-refractivity contribution is 7.92. The van der Waals surface area contributed by atoms with Crippen molar-refractivity contribution in [3.63, 3.8) is 0 Å². The Morgan fingerprint density at radius 2 is 1.89 bits per heavy atom. The average molecular weight is 495 g/mol. The van der Waals surface area contributed by atoms with E-state index in [-0.39, 0.29) is 11.7 Å². The molecule has 1 amide bonds. The van der Waals surface area contributed by atoms with Crippen LogP contribution in [0.5, 0.6) is 5.75 Å². The second-order valence-corrected chi connectivity index (χ2v) is 9.74. The monoisotopic (exact) mass is 494 g/mol. The van der Waals surface area contributed by atoms with E-state index in [1.165, 1.54) is 0 Å². The number of sulfonamides is 1. The zero-order valence-corrected chi connectivity index (χ0v) is 20.4. The van der Waals surface area contributed by atoms with Gasteiger partial charge in [-0.2, -0.15) is 4.98 Å². The van der Waals surface area contributed by atoms with Crippen LogP contribution in [0.2, 0.25) is 0 Å². The molecule has 3 N–H and O–H groups in total. The van der Waals surface area contributed by atoms with Gasteiger partial charge in [0.25, 0.3) is 5.91 Å². The number of carbonyl (C=O) groups is 1. The Balaban J connectivity index is 1.63. The summed E-state index contributed by atoms with van der Waals surface area (Å²) in [7, 11) is -0.303. The van der Waals surface area contributed by atoms with E-state index < -0.39 is 10.0 Å². The van der Waals surface area contributed by atoms with Gasteiger partial charge < -0.3 is 19.9 Å². The molecule has 35 heavy (non-hydrogen) atoms. The molecule has 2 aromatic carbocycles. The first kappa shape index (κ1) is 24.0. The summed E-state index contributed by atoms with van der Waals surface area (Å²) in [6, 6.07) is 14.1. The zero-order valence-electron chi connectivity index (χ0n) is 19.6. The van der Waals surface area contributed by atoms with Crippen LogP contribution < -0.4 is 20.1 Å². The minimum atomic E-state index is -3.45. The van der Waals surface area contributed by atoms with Crippen LogP contribution in [0.3, 0.4) is 0 Å². The third kappa shape index (κ3) is 5.52. The van der Waals surface area contributed by atoms with E-state index in [1.807, 2.05) is 16.8 Å². The summed E-state index contributed by atoms with van der Waals surface area (Å²) in [5.41, 5.74) is 3.18. The number of anilines is 3. The van der Waals surface area contributed by atoms with Crippen molar-refractivity contribution >= 4 is 44.3 Å². The molecule has 0 spiro atoms. The second-order valence-electron chi connectivity index (χ2n) is 7.73. The standard InChI is InChI=1S/C24H26N6O4S/c1-4-35(32,33)29-21-10-9-20(34-3)13-18(21)15-30-12-11-17-14-26-24(28-22(17)30)27-19-7-5-16(6-8-19)23(31)25-2/h5-14,29H,4,15H2,1-3H3,(H,25,31)(H,26,27,28). The number of ether oxygens (including phenoxy) is 1. The molecule has 0 unspecified atom stereocenters. The van der Waals surface area contributed by atoms with Gasteiger partial charge in [0.1, 0.15) is 11.4 Å². The predicted molar refractivity (Wildman–Crippen MR) is 136 cm³/mol. The molecule has 0 aliphatic heterocycles. The zero-order chi connectivity index (χ0) is 25.0. The van der Waals surface area contributed by atoms with Crippen molar-refractivity contribution in [1.29, 1.82) is 0 Å². The fraction of sp³-hybridized carbons (Fsp3) is 0.208. The van der Waals surface area contributed by atoms with E-state index in [9.17, 15) is 13.2 Å². The summed E-state index contributed by atoms with van der Waals surface area (Å²) in [6.07, 6.45) is 3.59. The average Bonchev–Trinajstić information content (AvgIpc) is 3.26. The first-order chi connectivity index (χ1) is 16.8. The van der Waals surface area contributed by atoms with E-state index in [0.717, 1.165) is 16.6 Å². The molecule has 10 nitrogen and oxygen atoms in total. The SMILES string of the molecule is CCS(=O)(=O)Nc1ccc(OC)cc1Cn1ccc2cnc(Nc3ccc(C(=O)NC)cc3)nc21. The molecule has 4 aromatic rings. The highest BCUT2D eigenvalue weighted by Crippen LogP contribution is 2.26. The van der Waals surface area contributed by atoms with E-state index >= 15 is 0 Å². The van der Waals surface area contributed by atoms with Crippen molar-refractivity contribution in [2.24, 2.45) is 0 Å². The minimum Gasteiger partial charge on any atom is -0.497 e. The Morgan fingerprint density at radius 3 is 2.57 bits per heavy atom. The third-order valence-electron chi connectivity index (χ3n) is 5.43. The molecular formula is C24H26N6O4S. The summed E-state index contributed by atoms with van der Waals surface area (Å²) < 4.78 is 34.3. The summed E-state index contributed by atoms with van der Waals surface area (Å²) in [5.74, 6) is 0.818. The van der Waals surface area contributed by atoms with Crippen molar-refractivity contribution in [3.05, 3.63) is 72.1 Å². The lowest BCUT2D eigenvalue weighted by atomic mass is 10.1. The maximum Gasteiger partial charge on any atom is 0.251 e. The van der Waals surface area contributed by atoms with Crippen LogP contribution in [-0.2, 0) is 16.6 Å². The van der Waals surface area contributed by atoms with Crippen molar-refractivity contribution in [3.8, 4) is 5.75 Å². The van der Waals surface area contributed by atoms with Gasteiger partial charge in [0, 0.05) is 36.1 Å².